The molecule has 12 heteroatoms. The molecular weight excluding hydrogens is 453 g/mol. The summed E-state index contributed by atoms with van der Waals surface area (Å²) in [6.45, 7) is 0. The molecule has 4 rings (SSSR count). The summed E-state index contributed by atoms with van der Waals surface area (Å²) in [5, 5.41) is 27.7. The van der Waals surface area contributed by atoms with Crippen LogP contribution in [0.4, 0.5) is 13.2 Å². The average Bonchev–Trinajstić information content (AvgIpc) is 3.28. The lowest BCUT2D eigenvalue weighted by atomic mass is 10.2. The fourth-order valence-electron chi connectivity index (χ4n) is 3.00. The molecule has 31 heavy (non-hydrogen) atoms. The molecule has 3 aromatic heterocycles. The molecule has 0 aliphatic heterocycles. The van der Waals surface area contributed by atoms with Gasteiger partial charge < -0.3 is 9.67 Å². The van der Waals surface area contributed by atoms with Crippen molar-refractivity contribution in [1.29, 1.82) is 5.26 Å². The highest BCUT2D eigenvalue weighted by atomic mass is 35.5. The number of aliphatic hydroxyl groups excluding tert-OH is 1. The van der Waals surface area contributed by atoms with Crippen LogP contribution in [0.5, 0.6) is 0 Å². The second-order valence-corrected chi connectivity index (χ2v) is 7.81. The number of halogens is 4. The number of aromatic nitrogens is 5. The zero-order valence-corrected chi connectivity index (χ0v) is 17.3. The van der Waals surface area contributed by atoms with Crippen LogP contribution in [-0.4, -0.2) is 35.0 Å². The predicted octanol–water partition coefficient (Wildman–Crippen LogP) is 4.87. The number of allylic oxidation sites excluding steroid dienone is 1. The maximum atomic E-state index is 13.1. The first-order valence-electron chi connectivity index (χ1n) is 8.69. The zero-order chi connectivity index (χ0) is 22.3. The molecule has 0 radical (unpaired) electrons. The Balaban J connectivity index is 1.68. The number of nitriles is 1. The van der Waals surface area contributed by atoms with Gasteiger partial charge in [-0.1, -0.05) is 35.5 Å². The van der Waals surface area contributed by atoms with Crippen molar-refractivity contribution in [1.82, 2.24) is 24.1 Å². The number of rotatable bonds is 4. The van der Waals surface area contributed by atoms with E-state index in [1.165, 1.54) is 0 Å². The van der Waals surface area contributed by atoms with Gasteiger partial charge in [-0.15, -0.1) is 10.2 Å². The van der Waals surface area contributed by atoms with Gasteiger partial charge in [-0.25, -0.2) is 4.98 Å². The maximum Gasteiger partial charge on any atom is 0.417 e. The van der Waals surface area contributed by atoms with E-state index in [4.69, 9.17) is 11.6 Å². The van der Waals surface area contributed by atoms with Crippen molar-refractivity contribution in [3.8, 4) is 6.07 Å². The van der Waals surface area contributed by atoms with E-state index in [0.29, 0.717) is 5.52 Å². The Morgan fingerprint density at radius 3 is 2.71 bits per heavy atom. The number of hydrogen-bond donors (Lipinski definition) is 1. The Kier molecular flexibility index (Phi) is 5.28. The van der Waals surface area contributed by atoms with Crippen molar-refractivity contribution in [2.75, 3.05) is 5.75 Å². The van der Waals surface area contributed by atoms with E-state index in [1.807, 2.05) is 18.2 Å². The zero-order valence-electron chi connectivity index (χ0n) is 15.7. The van der Waals surface area contributed by atoms with Gasteiger partial charge in [-0.05, 0) is 18.2 Å². The fraction of sp³-hybridized carbons (Fsp3) is 0.158. The number of benzene rings is 1. The normalized spacial score (nSPS) is 12.9. The molecule has 158 valence electrons. The van der Waals surface area contributed by atoms with Gasteiger partial charge in [0, 0.05) is 13.2 Å². The van der Waals surface area contributed by atoms with Crippen LogP contribution in [0.15, 0.2) is 47.4 Å². The quantitative estimate of drug-likeness (QED) is 0.263. The molecule has 0 bridgehead atoms. The number of pyridine rings is 1. The number of alkyl halides is 3. The first kappa shape index (κ1) is 21.0. The van der Waals surface area contributed by atoms with Crippen LogP contribution >= 0.6 is 23.4 Å². The van der Waals surface area contributed by atoms with E-state index in [9.17, 15) is 23.5 Å². The van der Waals surface area contributed by atoms with Gasteiger partial charge >= 0.3 is 6.18 Å². The van der Waals surface area contributed by atoms with Crippen molar-refractivity contribution in [3.63, 3.8) is 0 Å². The Bertz CT molecular complexity index is 1390. The largest absolute Gasteiger partial charge is 0.510 e. The van der Waals surface area contributed by atoms with Gasteiger partial charge in [-0.3, -0.25) is 4.40 Å². The smallest absolute Gasteiger partial charge is 0.417 e. The molecule has 0 aliphatic carbocycles. The number of fused-ring (bicyclic) bond motifs is 2. The molecule has 4 aromatic rings. The summed E-state index contributed by atoms with van der Waals surface area (Å²) in [5.41, 5.74) is 0.490. The van der Waals surface area contributed by atoms with Gasteiger partial charge in [0.25, 0.3) is 0 Å². The first-order valence-corrected chi connectivity index (χ1v) is 10.1. The van der Waals surface area contributed by atoms with E-state index in [0.717, 1.165) is 33.9 Å². The van der Waals surface area contributed by atoms with Crippen molar-refractivity contribution < 1.29 is 18.3 Å². The Labute approximate surface area is 182 Å². The fourth-order valence-corrected chi connectivity index (χ4v) is 4.04. The predicted molar refractivity (Wildman–Crippen MR) is 110 cm³/mol. The van der Waals surface area contributed by atoms with Gasteiger partial charge in [0.2, 0.25) is 0 Å². The highest BCUT2D eigenvalue weighted by Gasteiger charge is 2.32. The molecule has 7 nitrogen and oxygen atoms in total. The number of aryl methyl sites for hydroxylation is 1. The van der Waals surface area contributed by atoms with Crippen LogP contribution in [0.1, 0.15) is 11.4 Å². The molecule has 3 heterocycles. The number of thioether (sulfide) groups is 1. The minimum Gasteiger partial charge on any atom is -0.510 e. The number of hydrogen-bond acceptors (Lipinski definition) is 6. The van der Waals surface area contributed by atoms with Crippen molar-refractivity contribution >= 4 is 45.6 Å². The molecule has 0 fully saturated rings. The molecule has 0 aliphatic rings. The van der Waals surface area contributed by atoms with Crippen LogP contribution in [0, 0.1) is 11.3 Å². The summed E-state index contributed by atoms with van der Waals surface area (Å²) in [4.78, 5) is 4.39. The van der Waals surface area contributed by atoms with Gasteiger partial charge in [0.05, 0.1) is 27.4 Å². The topological polar surface area (TPSA) is 92.0 Å². The molecule has 0 saturated carbocycles. The highest BCUT2D eigenvalue weighted by molar-refractivity contribution is 7.99. The summed E-state index contributed by atoms with van der Waals surface area (Å²) in [5.74, 6) is -0.156. The van der Waals surface area contributed by atoms with Crippen molar-refractivity contribution in [3.05, 3.63) is 58.7 Å². The molecule has 0 spiro atoms. The van der Waals surface area contributed by atoms with E-state index in [2.05, 4.69) is 15.2 Å². The van der Waals surface area contributed by atoms with Crippen LogP contribution < -0.4 is 0 Å². The average molecular weight is 465 g/mol. The van der Waals surface area contributed by atoms with Gasteiger partial charge in [0.1, 0.15) is 17.4 Å². The number of aliphatic hydroxyl groups is 1. The summed E-state index contributed by atoms with van der Waals surface area (Å²) < 4.78 is 42.1. The lowest BCUT2D eigenvalue weighted by Gasteiger charge is -2.09. The molecular formula is C19H12ClF3N6OS. The summed E-state index contributed by atoms with van der Waals surface area (Å²) >= 11 is 6.82. The second kappa shape index (κ2) is 7.79. The minimum atomic E-state index is -4.60. The monoisotopic (exact) mass is 464 g/mol. The Morgan fingerprint density at radius 1 is 1.29 bits per heavy atom. The molecule has 1 aromatic carbocycles. The maximum absolute atomic E-state index is 13.1. The highest BCUT2D eigenvalue weighted by Crippen LogP contribution is 2.33. The summed E-state index contributed by atoms with van der Waals surface area (Å²) in [6.07, 6.45) is -3.76. The lowest BCUT2D eigenvalue weighted by molar-refractivity contribution is -0.137. The first-order chi connectivity index (χ1) is 14.7. The van der Waals surface area contributed by atoms with E-state index < -0.39 is 11.7 Å². The van der Waals surface area contributed by atoms with Gasteiger partial charge in [-0.2, -0.15) is 18.4 Å². The van der Waals surface area contributed by atoms with Gasteiger partial charge in [0.15, 0.2) is 16.6 Å². The van der Waals surface area contributed by atoms with Crippen LogP contribution in [0.25, 0.3) is 22.3 Å². The standard InChI is InChI=1S/C19H12ClF3N6OS/c1-28-14-5-3-2-4-13(14)25-16(28)11(7-24)15(30)9-31-18-27-26-17-12(20)6-10(8-29(17)18)19(21,22)23/h2-6,8,30H,9H2,1H3/b15-11-. The van der Waals surface area contributed by atoms with E-state index >= 15 is 0 Å². The Morgan fingerprint density at radius 2 is 2.03 bits per heavy atom. The third-order valence-electron chi connectivity index (χ3n) is 4.51. The summed E-state index contributed by atoms with van der Waals surface area (Å²) in [6, 6.07) is 9.97. The number of imidazole rings is 1. The molecule has 0 saturated heterocycles. The second-order valence-electron chi connectivity index (χ2n) is 6.46. The molecule has 0 unspecified atom stereocenters. The van der Waals surface area contributed by atoms with E-state index in [1.54, 1.807) is 23.7 Å². The van der Waals surface area contributed by atoms with Crippen LogP contribution in [-0.2, 0) is 13.2 Å². The molecule has 0 atom stereocenters. The van der Waals surface area contributed by atoms with Crippen molar-refractivity contribution in [2.45, 2.75) is 11.3 Å². The summed E-state index contributed by atoms with van der Waals surface area (Å²) in [7, 11) is 1.72. The molecule has 1 N–H and O–H groups in total. The minimum absolute atomic E-state index is 0.0472. The third-order valence-corrected chi connectivity index (χ3v) is 5.74. The number of para-hydroxylation sites is 2. The lowest BCUT2D eigenvalue weighted by Crippen LogP contribution is -2.07. The molecule has 0 amide bonds. The Hall–Kier alpha value is -3.23. The third kappa shape index (κ3) is 3.80. The SMILES string of the molecule is Cn1c(/C(C#N)=C(\O)CSc2nnc3c(Cl)cc(C(F)(F)F)cn23)nc2ccccc21. The van der Waals surface area contributed by atoms with Crippen LogP contribution in [0.3, 0.4) is 0 Å². The van der Waals surface area contributed by atoms with Crippen molar-refractivity contribution in [2.24, 2.45) is 7.05 Å². The number of nitrogens with zero attached hydrogens (tertiary/aromatic N) is 6. The van der Waals surface area contributed by atoms with E-state index in [-0.39, 0.29) is 38.7 Å². The van der Waals surface area contributed by atoms with Crippen LogP contribution in [0.2, 0.25) is 5.02 Å².